The lowest BCUT2D eigenvalue weighted by Crippen LogP contribution is -2.26. The molecular weight excluding hydrogens is 675 g/mol. The lowest BCUT2D eigenvalue weighted by molar-refractivity contribution is 0.0193. The SMILES string of the molecule is CC(C)(C)OC(=O)Oc1ccc2ccc3c(c2c1)C(c1ccc(I)o1)c1c(ccc2ccc(OC(=O)OC(C)(C)C)cc12)O3. The lowest BCUT2D eigenvalue weighted by atomic mass is 9.81. The van der Waals surface area contributed by atoms with Crippen molar-refractivity contribution in [3.8, 4) is 23.0 Å². The van der Waals surface area contributed by atoms with Gasteiger partial charge in [-0.3, -0.25) is 0 Å². The fourth-order valence-electron chi connectivity index (χ4n) is 5.27. The number of halogens is 1. The Balaban J connectivity index is 1.51. The van der Waals surface area contributed by atoms with Gasteiger partial charge in [0.05, 0.1) is 5.92 Å². The third-order valence-electron chi connectivity index (χ3n) is 6.85. The van der Waals surface area contributed by atoms with E-state index in [0.717, 1.165) is 36.4 Å². The number of hydrogen-bond acceptors (Lipinski definition) is 8. The molecule has 226 valence electrons. The van der Waals surface area contributed by atoms with E-state index in [1.54, 1.807) is 53.7 Å². The highest BCUT2D eigenvalue weighted by Gasteiger charge is 2.35. The molecule has 0 saturated carbocycles. The second kappa shape index (κ2) is 11.0. The van der Waals surface area contributed by atoms with Crippen LogP contribution in [-0.2, 0) is 9.47 Å². The van der Waals surface area contributed by atoms with Gasteiger partial charge in [0.25, 0.3) is 0 Å². The van der Waals surface area contributed by atoms with E-state index < -0.39 is 29.4 Å². The van der Waals surface area contributed by atoms with Gasteiger partial charge < -0.3 is 28.1 Å². The Hall–Kier alpha value is -4.25. The van der Waals surface area contributed by atoms with E-state index in [0.29, 0.717) is 28.8 Å². The molecule has 4 aromatic carbocycles. The minimum atomic E-state index is -0.788. The minimum absolute atomic E-state index is 0.338. The van der Waals surface area contributed by atoms with Gasteiger partial charge in [0.2, 0.25) is 0 Å². The number of carbonyl (C=O) groups excluding carboxylic acids is 2. The van der Waals surface area contributed by atoms with Gasteiger partial charge in [0, 0.05) is 11.1 Å². The highest BCUT2D eigenvalue weighted by Crippen LogP contribution is 2.53. The molecule has 9 heteroatoms. The second-order valence-corrected chi connectivity index (χ2v) is 13.6. The first kappa shape index (κ1) is 29.8. The highest BCUT2D eigenvalue weighted by molar-refractivity contribution is 14.1. The smallest absolute Gasteiger partial charge is 0.457 e. The van der Waals surface area contributed by atoms with Crippen LogP contribution in [0.2, 0.25) is 0 Å². The average molecular weight is 707 g/mol. The van der Waals surface area contributed by atoms with E-state index >= 15 is 0 Å². The summed E-state index contributed by atoms with van der Waals surface area (Å²) in [5.41, 5.74) is 0.307. The number of hydrogen-bond donors (Lipinski definition) is 0. The van der Waals surface area contributed by atoms with Crippen molar-refractivity contribution in [3.63, 3.8) is 0 Å². The third kappa shape index (κ3) is 6.19. The Labute approximate surface area is 268 Å². The number of carbonyl (C=O) groups is 2. The predicted molar refractivity (Wildman–Crippen MR) is 174 cm³/mol. The largest absolute Gasteiger partial charge is 0.514 e. The number of furan rings is 1. The van der Waals surface area contributed by atoms with Gasteiger partial charge in [-0.2, -0.15) is 0 Å². The van der Waals surface area contributed by atoms with E-state index in [1.165, 1.54) is 0 Å². The summed E-state index contributed by atoms with van der Waals surface area (Å²) in [5, 5.41) is 3.49. The maximum absolute atomic E-state index is 12.5. The molecule has 0 spiro atoms. The first-order chi connectivity index (χ1) is 20.7. The molecule has 1 aliphatic rings. The second-order valence-electron chi connectivity index (χ2n) is 12.5. The Morgan fingerprint density at radius 2 is 1.11 bits per heavy atom. The van der Waals surface area contributed by atoms with Crippen molar-refractivity contribution in [1.29, 1.82) is 0 Å². The Bertz CT molecular complexity index is 1810. The van der Waals surface area contributed by atoms with Crippen LogP contribution >= 0.6 is 22.6 Å². The fraction of sp³-hybridized carbons (Fsp3) is 0.257. The molecule has 0 amide bonds. The molecule has 2 heterocycles. The van der Waals surface area contributed by atoms with Gasteiger partial charge in [-0.15, -0.1) is 0 Å². The molecule has 6 rings (SSSR count). The number of ether oxygens (including phenoxy) is 5. The molecule has 1 aromatic heterocycles. The fourth-order valence-corrected chi connectivity index (χ4v) is 5.70. The predicted octanol–water partition coefficient (Wildman–Crippen LogP) is 10.1. The molecule has 1 aliphatic heterocycles. The standard InChI is InChI=1S/C35H31IO8/c1-34(2,3)43-32(37)39-21-11-7-19-9-13-25-29(23(19)17-21)31(27-15-16-28(36)42-27)30-24-18-22(40-33(38)44-35(4,5)6)12-8-20(24)10-14-26(30)41-25/h7-18,31H,1-6H3. The van der Waals surface area contributed by atoms with Crippen molar-refractivity contribution in [2.75, 3.05) is 0 Å². The van der Waals surface area contributed by atoms with E-state index in [-0.39, 0.29) is 0 Å². The molecule has 0 aliphatic carbocycles. The summed E-state index contributed by atoms with van der Waals surface area (Å²) in [6.45, 7) is 10.7. The first-order valence-corrected chi connectivity index (χ1v) is 15.2. The normalized spacial score (nSPS) is 13.2. The Kier molecular flexibility index (Phi) is 7.47. The van der Waals surface area contributed by atoms with Crippen LogP contribution in [0.25, 0.3) is 21.5 Å². The van der Waals surface area contributed by atoms with Crippen LogP contribution in [0.4, 0.5) is 9.59 Å². The Morgan fingerprint density at radius 3 is 1.52 bits per heavy atom. The lowest BCUT2D eigenvalue weighted by Gasteiger charge is -2.30. The summed E-state index contributed by atoms with van der Waals surface area (Å²) in [6.07, 6.45) is -1.58. The topological polar surface area (TPSA) is 93.4 Å². The quantitative estimate of drug-likeness (QED) is 0.102. The zero-order valence-corrected chi connectivity index (χ0v) is 27.3. The molecule has 0 radical (unpaired) electrons. The third-order valence-corrected chi connectivity index (χ3v) is 7.43. The van der Waals surface area contributed by atoms with Crippen LogP contribution < -0.4 is 14.2 Å². The van der Waals surface area contributed by atoms with Crippen LogP contribution in [0.1, 0.15) is 64.3 Å². The van der Waals surface area contributed by atoms with Gasteiger partial charge >= 0.3 is 12.3 Å². The molecule has 0 unspecified atom stereocenters. The molecule has 0 saturated heterocycles. The molecule has 0 N–H and O–H groups in total. The minimum Gasteiger partial charge on any atom is -0.457 e. The van der Waals surface area contributed by atoms with Crippen LogP contribution in [0.5, 0.6) is 23.0 Å². The molecular formula is C35H31IO8. The monoisotopic (exact) mass is 706 g/mol. The zero-order valence-electron chi connectivity index (χ0n) is 25.1. The van der Waals surface area contributed by atoms with Crippen molar-refractivity contribution in [2.45, 2.75) is 58.7 Å². The highest BCUT2D eigenvalue weighted by atomic mass is 127. The van der Waals surface area contributed by atoms with Gasteiger partial charge in [0.15, 0.2) is 3.77 Å². The van der Waals surface area contributed by atoms with Gasteiger partial charge in [-0.1, -0.05) is 24.3 Å². The van der Waals surface area contributed by atoms with E-state index in [2.05, 4.69) is 22.6 Å². The van der Waals surface area contributed by atoms with E-state index in [1.807, 2.05) is 60.7 Å². The molecule has 0 bridgehead atoms. The van der Waals surface area contributed by atoms with Crippen molar-refractivity contribution in [2.24, 2.45) is 0 Å². The molecule has 0 fully saturated rings. The number of benzene rings is 4. The van der Waals surface area contributed by atoms with Crippen LogP contribution in [0.3, 0.4) is 0 Å². The van der Waals surface area contributed by atoms with E-state index in [9.17, 15) is 9.59 Å². The molecule has 8 nitrogen and oxygen atoms in total. The van der Waals surface area contributed by atoms with Crippen LogP contribution in [0, 0.1) is 3.77 Å². The van der Waals surface area contributed by atoms with E-state index in [4.69, 9.17) is 28.1 Å². The zero-order chi connectivity index (χ0) is 31.4. The van der Waals surface area contributed by atoms with Crippen molar-refractivity contribution in [3.05, 3.63) is 93.5 Å². The van der Waals surface area contributed by atoms with Gasteiger partial charge in [0.1, 0.15) is 40.0 Å². The van der Waals surface area contributed by atoms with Crippen molar-refractivity contribution in [1.82, 2.24) is 0 Å². The first-order valence-electron chi connectivity index (χ1n) is 14.1. The van der Waals surface area contributed by atoms with Crippen LogP contribution in [-0.4, -0.2) is 23.5 Å². The summed E-state index contributed by atoms with van der Waals surface area (Å²) < 4.78 is 35.4. The van der Waals surface area contributed by atoms with Crippen LogP contribution in [0.15, 0.2) is 77.2 Å². The summed E-state index contributed by atoms with van der Waals surface area (Å²) >= 11 is 2.15. The van der Waals surface area contributed by atoms with Crippen molar-refractivity contribution >= 4 is 56.4 Å². The maximum Gasteiger partial charge on any atom is 0.514 e. The summed E-state index contributed by atoms with van der Waals surface area (Å²) in [4.78, 5) is 25.0. The summed E-state index contributed by atoms with van der Waals surface area (Å²) in [5.74, 6) is 2.28. The maximum atomic E-state index is 12.5. The Morgan fingerprint density at radius 1 is 0.659 bits per heavy atom. The number of fused-ring (bicyclic) bond motifs is 6. The summed E-state index contributed by atoms with van der Waals surface area (Å²) in [7, 11) is 0. The molecule has 5 aromatic rings. The van der Waals surface area contributed by atoms with Crippen molar-refractivity contribution < 1.29 is 37.7 Å². The molecule has 0 atom stereocenters. The summed E-state index contributed by atoms with van der Waals surface area (Å²) in [6, 6.07) is 22.5. The average Bonchev–Trinajstić information content (AvgIpc) is 3.35. The van der Waals surface area contributed by atoms with Gasteiger partial charge in [-0.05, 0) is 134 Å². The van der Waals surface area contributed by atoms with Gasteiger partial charge in [-0.25, -0.2) is 9.59 Å². The number of rotatable bonds is 3. The molecule has 44 heavy (non-hydrogen) atoms.